The average Bonchev–Trinajstić information content (AvgIpc) is 2.92. The molecule has 0 heterocycles. The lowest BCUT2D eigenvalue weighted by atomic mass is 10.1. The van der Waals surface area contributed by atoms with Gasteiger partial charge in [-0.05, 0) is 62.2 Å². The first-order valence-electron chi connectivity index (χ1n) is 12.8. The number of hydrogen-bond acceptors (Lipinski definition) is 4. The Labute approximate surface area is 251 Å². The second-order valence-electron chi connectivity index (χ2n) is 9.36. The van der Waals surface area contributed by atoms with E-state index in [0.29, 0.717) is 17.1 Å². The molecule has 0 radical (unpaired) electrons. The van der Waals surface area contributed by atoms with Crippen molar-refractivity contribution in [2.45, 2.75) is 51.1 Å². The van der Waals surface area contributed by atoms with Gasteiger partial charge in [-0.25, -0.2) is 8.42 Å². The maximum absolute atomic E-state index is 13.9. The van der Waals surface area contributed by atoms with Gasteiger partial charge < -0.3 is 10.2 Å². The van der Waals surface area contributed by atoms with E-state index in [2.05, 4.69) is 5.32 Å². The van der Waals surface area contributed by atoms with Crippen LogP contribution in [0.25, 0.3) is 0 Å². The number of hydrogen-bond donors (Lipinski definition) is 1. The number of halogens is 3. The van der Waals surface area contributed by atoms with Crippen molar-refractivity contribution in [3.63, 3.8) is 0 Å². The first-order valence-corrected chi connectivity index (χ1v) is 15.4. The molecule has 214 valence electrons. The molecule has 2 amide bonds. The van der Waals surface area contributed by atoms with Crippen molar-refractivity contribution in [2.75, 3.05) is 17.4 Å². The Morgan fingerprint density at radius 2 is 1.60 bits per heavy atom. The zero-order valence-electron chi connectivity index (χ0n) is 22.5. The van der Waals surface area contributed by atoms with E-state index in [4.69, 9.17) is 34.8 Å². The van der Waals surface area contributed by atoms with Crippen molar-refractivity contribution >= 4 is 62.3 Å². The molecule has 0 aromatic heterocycles. The van der Waals surface area contributed by atoms with Crippen molar-refractivity contribution in [3.05, 3.63) is 92.9 Å². The molecule has 3 aromatic rings. The van der Waals surface area contributed by atoms with Crippen LogP contribution in [0, 0.1) is 6.92 Å². The third-order valence-corrected chi connectivity index (χ3v) is 9.27. The van der Waals surface area contributed by atoms with E-state index in [1.807, 2.05) is 13.8 Å². The van der Waals surface area contributed by atoms with E-state index >= 15 is 0 Å². The van der Waals surface area contributed by atoms with E-state index in [0.717, 1.165) is 22.7 Å². The number of benzene rings is 3. The number of anilines is 1. The molecular formula is C29H32Cl3N3O4S. The molecule has 0 spiro atoms. The number of nitrogens with zero attached hydrogens (tertiary/aromatic N) is 2. The molecule has 3 rings (SSSR count). The van der Waals surface area contributed by atoms with Gasteiger partial charge in [-0.2, -0.15) is 0 Å². The summed E-state index contributed by atoms with van der Waals surface area (Å²) in [5.74, 6) is -0.948. The van der Waals surface area contributed by atoms with Gasteiger partial charge in [0, 0.05) is 18.1 Å². The van der Waals surface area contributed by atoms with Crippen molar-refractivity contribution in [1.29, 1.82) is 0 Å². The third kappa shape index (κ3) is 7.91. The summed E-state index contributed by atoms with van der Waals surface area (Å²) in [4.78, 5) is 28.3. The fourth-order valence-corrected chi connectivity index (χ4v) is 5.83. The minimum atomic E-state index is -4.22. The average molecular weight is 625 g/mol. The number of nitrogens with one attached hydrogen (secondary N) is 1. The van der Waals surface area contributed by atoms with Crippen molar-refractivity contribution < 1.29 is 18.0 Å². The van der Waals surface area contributed by atoms with Crippen LogP contribution >= 0.6 is 34.8 Å². The second kappa shape index (κ2) is 14.2. The summed E-state index contributed by atoms with van der Waals surface area (Å²) in [6.45, 7) is 5.33. The van der Waals surface area contributed by atoms with E-state index in [9.17, 15) is 18.0 Å². The van der Waals surface area contributed by atoms with Crippen LogP contribution in [0.1, 0.15) is 37.8 Å². The number of carbonyl (C=O) groups is 2. The van der Waals surface area contributed by atoms with E-state index in [-0.39, 0.29) is 33.1 Å². The highest BCUT2D eigenvalue weighted by Crippen LogP contribution is 2.31. The summed E-state index contributed by atoms with van der Waals surface area (Å²) >= 11 is 18.7. The number of carbonyl (C=O) groups excluding carboxylic acids is 2. The minimum Gasteiger partial charge on any atom is -0.354 e. The number of sulfonamides is 1. The van der Waals surface area contributed by atoms with Gasteiger partial charge >= 0.3 is 0 Å². The summed E-state index contributed by atoms with van der Waals surface area (Å²) < 4.78 is 28.7. The summed E-state index contributed by atoms with van der Waals surface area (Å²) in [5.41, 5.74) is 1.65. The van der Waals surface area contributed by atoms with Crippen LogP contribution in [0.15, 0.2) is 71.6 Å². The van der Waals surface area contributed by atoms with Gasteiger partial charge in [0.25, 0.3) is 10.0 Å². The highest BCUT2D eigenvalue weighted by Gasteiger charge is 2.33. The van der Waals surface area contributed by atoms with Crippen molar-refractivity contribution in [3.8, 4) is 0 Å². The Morgan fingerprint density at radius 3 is 2.23 bits per heavy atom. The van der Waals surface area contributed by atoms with Gasteiger partial charge in [0.2, 0.25) is 11.8 Å². The monoisotopic (exact) mass is 623 g/mol. The van der Waals surface area contributed by atoms with Crippen molar-refractivity contribution in [1.82, 2.24) is 10.2 Å². The standard InChI is InChI=1S/C29H32Cl3N3O4S/c1-4-5-16-33-29(37)21(3)34(18-22-8-6-7-9-25(22)30)28(36)19-35(23-12-15-26(31)27(32)17-23)40(38,39)24-13-10-20(2)11-14-24/h6-15,17,21H,4-5,16,18-19H2,1-3H3,(H,33,37)/t21-/m1/s1. The predicted octanol–water partition coefficient (Wildman–Crippen LogP) is 6.48. The van der Waals surface area contributed by atoms with Crippen LogP contribution in [0.2, 0.25) is 15.1 Å². The van der Waals surface area contributed by atoms with E-state index in [1.54, 1.807) is 43.3 Å². The van der Waals surface area contributed by atoms with Gasteiger partial charge in [-0.1, -0.05) is 84.0 Å². The molecule has 0 saturated carbocycles. The normalized spacial score (nSPS) is 12.1. The van der Waals surface area contributed by atoms with Crippen LogP contribution in [0.4, 0.5) is 5.69 Å². The molecule has 0 aliphatic rings. The molecule has 3 aromatic carbocycles. The number of rotatable bonds is 12. The molecule has 1 atom stereocenters. The third-order valence-electron chi connectivity index (χ3n) is 6.37. The molecule has 0 bridgehead atoms. The van der Waals surface area contributed by atoms with Gasteiger partial charge in [-0.15, -0.1) is 0 Å². The lowest BCUT2D eigenvalue weighted by molar-refractivity contribution is -0.139. The Balaban J connectivity index is 2.03. The lowest BCUT2D eigenvalue weighted by Crippen LogP contribution is -2.51. The first-order chi connectivity index (χ1) is 18.9. The highest BCUT2D eigenvalue weighted by molar-refractivity contribution is 7.92. The summed E-state index contributed by atoms with van der Waals surface area (Å²) in [7, 11) is -4.22. The largest absolute Gasteiger partial charge is 0.354 e. The molecule has 11 heteroatoms. The number of unbranched alkanes of at least 4 members (excludes halogenated alkanes) is 1. The maximum Gasteiger partial charge on any atom is 0.264 e. The lowest BCUT2D eigenvalue weighted by Gasteiger charge is -2.32. The molecule has 0 aliphatic heterocycles. The predicted molar refractivity (Wildman–Crippen MR) is 162 cm³/mol. The number of amides is 2. The van der Waals surface area contributed by atoms with E-state index < -0.39 is 28.5 Å². The zero-order valence-corrected chi connectivity index (χ0v) is 25.6. The second-order valence-corrected chi connectivity index (χ2v) is 12.4. The molecule has 0 saturated heterocycles. The Kier molecular flexibility index (Phi) is 11.3. The first kappa shape index (κ1) is 31.7. The Morgan fingerprint density at radius 1 is 0.925 bits per heavy atom. The van der Waals surface area contributed by atoms with Gasteiger partial charge in [0.05, 0.1) is 20.6 Å². The van der Waals surface area contributed by atoms with Crippen LogP contribution < -0.4 is 9.62 Å². The summed E-state index contributed by atoms with van der Waals surface area (Å²) in [6.07, 6.45) is 1.68. The van der Waals surface area contributed by atoms with Gasteiger partial charge in [0.1, 0.15) is 12.6 Å². The van der Waals surface area contributed by atoms with Crippen LogP contribution in [0.3, 0.4) is 0 Å². The molecule has 1 N–H and O–H groups in total. The van der Waals surface area contributed by atoms with Crippen LogP contribution in [-0.2, 0) is 26.2 Å². The fourth-order valence-electron chi connectivity index (χ4n) is 3.94. The molecule has 7 nitrogen and oxygen atoms in total. The highest BCUT2D eigenvalue weighted by atomic mass is 35.5. The zero-order chi connectivity index (χ0) is 29.4. The fraction of sp³-hybridized carbons (Fsp3) is 0.310. The van der Waals surface area contributed by atoms with E-state index in [1.165, 1.54) is 35.2 Å². The number of aryl methyl sites for hydroxylation is 1. The quantitative estimate of drug-likeness (QED) is 0.234. The van der Waals surface area contributed by atoms with Crippen LogP contribution in [0.5, 0.6) is 0 Å². The minimum absolute atomic E-state index is 0.0000154. The topological polar surface area (TPSA) is 86.8 Å². The van der Waals surface area contributed by atoms with Gasteiger partial charge in [-0.3, -0.25) is 13.9 Å². The molecule has 40 heavy (non-hydrogen) atoms. The SMILES string of the molecule is CCCCNC(=O)[C@@H](C)N(Cc1ccccc1Cl)C(=O)CN(c1ccc(Cl)c(Cl)c1)S(=O)(=O)c1ccc(C)cc1. The molecule has 0 fully saturated rings. The molecular weight excluding hydrogens is 593 g/mol. The Hall–Kier alpha value is -2.78. The Bertz CT molecular complexity index is 1450. The smallest absolute Gasteiger partial charge is 0.264 e. The molecule has 0 aliphatic carbocycles. The maximum atomic E-state index is 13.9. The molecule has 0 unspecified atom stereocenters. The van der Waals surface area contributed by atoms with Crippen molar-refractivity contribution in [2.24, 2.45) is 0 Å². The summed E-state index contributed by atoms with van der Waals surface area (Å²) in [6, 6.07) is 16.7. The van der Waals surface area contributed by atoms with Gasteiger partial charge in [0.15, 0.2) is 0 Å². The summed E-state index contributed by atoms with van der Waals surface area (Å²) in [5, 5.41) is 3.64. The van der Waals surface area contributed by atoms with Crippen LogP contribution in [-0.4, -0.2) is 44.3 Å².